The molecule has 0 heterocycles. The van der Waals surface area contributed by atoms with Crippen LogP contribution in [-0.2, 0) is 4.79 Å². The molecule has 0 saturated heterocycles. The lowest BCUT2D eigenvalue weighted by Crippen LogP contribution is -2.38. The van der Waals surface area contributed by atoms with Crippen LogP contribution in [0.2, 0.25) is 0 Å². The Kier molecular flexibility index (Phi) is 2.42. The highest BCUT2D eigenvalue weighted by Gasteiger charge is 2.41. The quantitative estimate of drug-likeness (QED) is 0.748. The molecule has 3 heteroatoms. The van der Waals surface area contributed by atoms with Crippen molar-refractivity contribution in [3.05, 3.63) is 42.0 Å². The largest absolute Gasteiger partial charge is 0.393 e. The molecule has 0 spiro atoms. The van der Waals surface area contributed by atoms with Gasteiger partial charge in [-0.05, 0) is 5.56 Å². The van der Waals surface area contributed by atoms with Crippen LogP contribution in [0.4, 0.5) is 0 Å². The Morgan fingerprint density at radius 2 is 1.93 bits per heavy atom. The second-order valence-corrected chi connectivity index (χ2v) is 3.71. The van der Waals surface area contributed by atoms with E-state index in [4.69, 9.17) is 5.11 Å². The van der Waals surface area contributed by atoms with Crippen molar-refractivity contribution in [1.29, 1.82) is 0 Å². The zero-order valence-corrected chi connectivity index (χ0v) is 8.18. The number of benzene rings is 1. The fraction of sp³-hybridized carbons (Fsp3) is 0.250. The van der Waals surface area contributed by atoms with E-state index in [2.05, 4.69) is 0 Å². The Balaban J connectivity index is 2.32. The summed E-state index contributed by atoms with van der Waals surface area (Å²) in [5.41, 5.74) is -0.329. The lowest BCUT2D eigenvalue weighted by molar-refractivity contribution is -0.133. The summed E-state index contributed by atoms with van der Waals surface area (Å²) in [6, 6.07) is 9.15. The lowest BCUT2D eigenvalue weighted by atomic mass is 9.96. The van der Waals surface area contributed by atoms with E-state index in [0.717, 1.165) is 5.56 Å². The van der Waals surface area contributed by atoms with Gasteiger partial charge < -0.3 is 10.2 Å². The van der Waals surface area contributed by atoms with Crippen molar-refractivity contribution in [2.24, 2.45) is 0 Å². The van der Waals surface area contributed by atoms with Crippen LogP contribution < -0.4 is 0 Å². The van der Waals surface area contributed by atoms with Gasteiger partial charge in [-0.3, -0.25) is 4.79 Å². The van der Waals surface area contributed by atoms with E-state index < -0.39 is 18.0 Å². The van der Waals surface area contributed by atoms with E-state index in [9.17, 15) is 9.90 Å². The molecule has 2 rings (SSSR count). The fourth-order valence-electron chi connectivity index (χ4n) is 1.71. The third kappa shape index (κ3) is 1.60. The molecule has 1 aliphatic rings. The van der Waals surface area contributed by atoms with Crippen LogP contribution >= 0.6 is 0 Å². The highest BCUT2D eigenvalue weighted by molar-refractivity contribution is 6.26. The number of Topliss-reactive ketones (excluding diaryl/α,β-unsaturated/α-hetero) is 1. The van der Waals surface area contributed by atoms with Crippen LogP contribution in [-0.4, -0.2) is 28.2 Å². The third-order valence-electron chi connectivity index (χ3n) is 2.66. The summed E-state index contributed by atoms with van der Waals surface area (Å²) in [7, 11) is 0. The van der Waals surface area contributed by atoms with Crippen molar-refractivity contribution >= 4 is 11.4 Å². The van der Waals surface area contributed by atoms with Crippen LogP contribution in [0, 0.1) is 0 Å². The number of rotatable bonds is 2. The summed E-state index contributed by atoms with van der Waals surface area (Å²) in [4.78, 5) is 11.8. The van der Waals surface area contributed by atoms with E-state index in [1.807, 2.05) is 30.3 Å². The van der Waals surface area contributed by atoms with Gasteiger partial charge in [0.2, 0.25) is 0 Å². The lowest BCUT2D eigenvalue weighted by Gasteiger charge is -2.17. The summed E-state index contributed by atoms with van der Waals surface area (Å²) in [6.45, 7) is -0.529. The molecule has 0 aliphatic heterocycles. The van der Waals surface area contributed by atoms with Gasteiger partial charge in [0.1, 0.15) is 0 Å². The predicted molar refractivity (Wildman–Crippen MR) is 56.1 cm³/mol. The molecule has 1 aromatic rings. The third-order valence-corrected chi connectivity index (χ3v) is 2.66. The number of hydrogen-bond donors (Lipinski definition) is 2. The fourth-order valence-corrected chi connectivity index (χ4v) is 1.71. The summed E-state index contributed by atoms with van der Waals surface area (Å²) < 4.78 is 0. The molecule has 0 unspecified atom stereocenters. The molecule has 3 nitrogen and oxygen atoms in total. The molecule has 0 saturated carbocycles. The van der Waals surface area contributed by atoms with Crippen molar-refractivity contribution in [3.8, 4) is 0 Å². The van der Waals surface area contributed by atoms with Gasteiger partial charge in [0.25, 0.3) is 0 Å². The number of ketones is 1. The first-order valence-electron chi connectivity index (χ1n) is 4.81. The average molecular weight is 204 g/mol. The first-order chi connectivity index (χ1) is 7.17. The van der Waals surface area contributed by atoms with E-state index in [1.165, 1.54) is 0 Å². The standard InChI is InChI=1S/C12H12O3/c13-8-12(15)7-6-10(11(12)14)9-4-2-1-3-5-9/h1-6,13,15H,7-8H2/t12-/m0/s1. The zero-order chi connectivity index (χ0) is 10.9. The second kappa shape index (κ2) is 3.61. The van der Waals surface area contributed by atoms with E-state index >= 15 is 0 Å². The Morgan fingerprint density at radius 3 is 2.47 bits per heavy atom. The van der Waals surface area contributed by atoms with E-state index in [1.54, 1.807) is 6.08 Å². The van der Waals surface area contributed by atoms with Crippen LogP contribution in [0.1, 0.15) is 12.0 Å². The van der Waals surface area contributed by atoms with Crippen LogP contribution in [0.15, 0.2) is 36.4 Å². The molecule has 0 aromatic heterocycles. The first kappa shape index (κ1) is 10.1. The molecule has 2 N–H and O–H groups in total. The number of hydrogen-bond acceptors (Lipinski definition) is 3. The van der Waals surface area contributed by atoms with Crippen molar-refractivity contribution in [3.63, 3.8) is 0 Å². The van der Waals surface area contributed by atoms with Gasteiger partial charge in [0, 0.05) is 12.0 Å². The second-order valence-electron chi connectivity index (χ2n) is 3.71. The molecule has 15 heavy (non-hydrogen) atoms. The van der Waals surface area contributed by atoms with Crippen LogP contribution in [0.3, 0.4) is 0 Å². The minimum absolute atomic E-state index is 0.187. The van der Waals surface area contributed by atoms with Crippen molar-refractivity contribution in [1.82, 2.24) is 0 Å². The number of aliphatic hydroxyl groups excluding tert-OH is 1. The maximum absolute atomic E-state index is 11.8. The molecule has 1 aliphatic carbocycles. The number of aliphatic hydroxyl groups is 2. The normalized spacial score (nSPS) is 25.5. The minimum atomic E-state index is -1.61. The summed E-state index contributed by atoms with van der Waals surface area (Å²) in [5.74, 6) is -0.392. The maximum atomic E-state index is 11.8. The Hall–Kier alpha value is -1.45. The summed E-state index contributed by atoms with van der Waals surface area (Å²) in [6.07, 6.45) is 1.86. The average Bonchev–Trinajstić information content (AvgIpc) is 2.58. The van der Waals surface area contributed by atoms with Crippen LogP contribution in [0.25, 0.3) is 5.57 Å². The molecule has 1 atom stereocenters. The summed E-state index contributed by atoms with van der Waals surface area (Å²) in [5, 5.41) is 18.7. The Labute approximate surface area is 87.7 Å². The maximum Gasteiger partial charge on any atom is 0.197 e. The molecule has 0 fully saturated rings. The van der Waals surface area contributed by atoms with E-state index in [-0.39, 0.29) is 6.42 Å². The molecule has 1 aromatic carbocycles. The van der Waals surface area contributed by atoms with Gasteiger partial charge in [-0.2, -0.15) is 0 Å². The van der Waals surface area contributed by atoms with Crippen molar-refractivity contribution in [2.75, 3.05) is 6.61 Å². The highest BCUT2D eigenvalue weighted by Crippen LogP contribution is 2.31. The zero-order valence-electron chi connectivity index (χ0n) is 8.18. The topological polar surface area (TPSA) is 57.5 Å². The summed E-state index contributed by atoms with van der Waals surface area (Å²) >= 11 is 0. The monoisotopic (exact) mass is 204 g/mol. The van der Waals surface area contributed by atoms with Gasteiger partial charge in [-0.15, -0.1) is 0 Å². The van der Waals surface area contributed by atoms with Gasteiger partial charge >= 0.3 is 0 Å². The van der Waals surface area contributed by atoms with Gasteiger partial charge in [-0.25, -0.2) is 0 Å². The van der Waals surface area contributed by atoms with E-state index in [0.29, 0.717) is 5.57 Å². The predicted octanol–water partition coefficient (Wildman–Crippen LogP) is 0.766. The smallest absolute Gasteiger partial charge is 0.197 e. The van der Waals surface area contributed by atoms with Gasteiger partial charge in [0.15, 0.2) is 11.4 Å². The number of carbonyl (C=O) groups is 1. The molecule has 0 bridgehead atoms. The Morgan fingerprint density at radius 1 is 1.27 bits per heavy atom. The van der Waals surface area contributed by atoms with Crippen molar-refractivity contribution < 1.29 is 15.0 Å². The molecule has 0 amide bonds. The van der Waals surface area contributed by atoms with Crippen LogP contribution in [0.5, 0.6) is 0 Å². The molecule has 0 radical (unpaired) electrons. The molecular formula is C12H12O3. The van der Waals surface area contributed by atoms with Gasteiger partial charge in [-0.1, -0.05) is 36.4 Å². The van der Waals surface area contributed by atoms with Gasteiger partial charge in [0.05, 0.1) is 6.61 Å². The van der Waals surface area contributed by atoms with Crippen molar-refractivity contribution in [2.45, 2.75) is 12.0 Å². The number of carbonyl (C=O) groups excluding carboxylic acids is 1. The SMILES string of the molecule is O=C1C(c2ccccc2)=CC[C@]1(O)CO. The first-order valence-corrected chi connectivity index (χ1v) is 4.81. The molecular weight excluding hydrogens is 192 g/mol. The molecule has 78 valence electrons. The Bertz CT molecular complexity index is 408. The minimum Gasteiger partial charge on any atom is -0.393 e. The highest BCUT2D eigenvalue weighted by atomic mass is 16.3.